The van der Waals surface area contributed by atoms with Crippen molar-refractivity contribution in [1.82, 2.24) is 4.90 Å². The van der Waals surface area contributed by atoms with Gasteiger partial charge in [-0.3, -0.25) is 4.79 Å². The third-order valence-corrected chi connectivity index (χ3v) is 3.66. The highest BCUT2D eigenvalue weighted by molar-refractivity contribution is 5.76. The predicted octanol–water partition coefficient (Wildman–Crippen LogP) is 2.29. The van der Waals surface area contributed by atoms with Crippen LogP contribution in [0.1, 0.15) is 39.5 Å². The van der Waals surface area contributed by atoms with Crippen LogP contribution in [0.3, 0.4) is 0 Å². The quantitative estimate of drug-likeness (QED) is 0.662. The summed E-state index contributed by atoms with van der Waals surface area (Å²) in [4.78, 5) is 13.9. The lowest BCUT2D eigenvalue weighted by Gasteiger charge is -2.18. The third kappa shape index (κ3) is 1.94. The lowest BCUT2D eigenvalue weighted by Crippen LogP contribution is -2.30. The van der Waals surface area contributed by atoms with Gasteiger partial charge in [0.15, 0.2) is 0 Å². The zero-order valence-electron chi connectivity index (χ0n) is 9.33. The topological polar surface area (TPSA) is 20.3 Å². The summed E-state index contributed by atoms with van der Waals surface area (Å²) in [5.41, 5.74) is 0. The van der Waals surface area contributed by atoms with Crippen molar-refractivity contribution in [2.75, 3.05) is 13.1 Å². The average Bonchev–Trinajstić information content (AvgIpc) is 2.58. The van der Waals surface area contributed by atoms with Crippen molar-refractivity contribution in [3.63, 3.8) is 0 Å². The normalized spacial score (nSPS) is 31.2. The second-order valence-electron chi connectivity index (χ2n) is 5.35. The summed E-state index contributed by atoms with van der Waals surface area (Å²) in [6, 6.07) is 0. The van der Waals surface area contributed by atoms with E-state index in [0.717, 1.165) is 31.3 Å². The van der Waals surface area contributed by atoms with Crippen molar-refractivity contribution in [3.8, 4) is 0 Å². The van der Waals surface area contributed by atoms with Crippen LogP contribution in [0.15, 0.2) is 0 Å². The molecular weight excluding hydrogens is 174 g/mol. The number of carbonyl (C=O) groups excluding carboxylic acids is 1. The maximum Gasteiger partial charge on any atom is 0.222 e. The molecule has 0 radical (unpaired) electrons. The summed E-state index contributed by atoms with van der Waals surface area (Å²) >= 11 is 0. The number of amides is 1. The largest absolute Gasteiger partial charge is 0.342 e. The fourth-order valence-electron chi connectivity index (χ4n) is 2.92. The van der Waals surface area contributed by atoms with Crippen molar-refractivity contribution in [2.45, 2.75) is 39.5 Å². The molecule has 1 saturated heterocycles. The number of rotatable bonds is 2. The Labute approximate surface area is 86.7 Å². The molecule has 2 heteroatoms. The Bertz CT molecular complexity index is 212. The second-order valence-corrected chi connectivity index (χ2v) is 5.35. The molecule has 2 aliphatic rings. The Morgan fingerprint density at radius 3 is 2.36 bits per heavy atom. The molecule has 1 amide bonds. The fraction of sp³-hybridized carbons (Fsp3) is 0.917. The highest BCUT2D eigenvalue weighted by Crippen LogP contribution is 2.37. The molecule has 2 unspecified atom stereocenters. The van der Waals surface area contributed by atoms with Crippen molar-refractivity contribution in [1.29, 1.82) is 0 Å². The zero-order valence-corrected chi connectivity index (χ0v) is 9.33. The molecule has 1 heterocycles. The van der Waals surface area contributed by atoms with E-state index in [1.54, 1.807) is 0 Å². The molecule has 1 saturated carbocycles. The lowest BCUT2D eigenvalue weighted by atomic mass is 10.0. The third-order valence-electron chi connectivity index (χ3n) is 3.66. The molecule has 0 aromatic rings. The van der Waals surface area contributed by atoms with E-state index in [1.165, 1.54) is 19.3 Å². The first-order valence-corrected chi connectivity index (χ1v) is 5.94. The number of likely N-dealkylation sites (tertiary alicyclic amines) is 1. The van der Waals surface area contributed by atoms with Crippen LogP contribution >= 0.6 is 0 Å². The number of nitrogens with zero attached hydrogens (tertiary/aromatic N) is 1. The summed E-state index contributed by atoms with van der Waals surface area (Å²) in [5.74, 6) is 2.56. The van der Waals surface area contributed by atoms with Crippen LogP contribution in [0.2, 0.25) is 0 Å². The molecule has 1 aliphatic heterocycles. The molecule has 80 valence electrons. The van der Waals surface area contributed by atoms with Gasteiger partial charge in [0, 0.05) is 19.5 Å². The molecular formula is C12H21NO. The molecule has 0 N–H and O–H groups in total. The minimum Gasteiger partial charge on any atom is -0.342 e. The van der Waals surface area contributed by atoms with E-state index < -0.39 is 0 Å². The van der Waals surface area contributed by atoms with E-state index in [-0.39, 0.29) is 0 Å². The molecule has 2 fully saturated rings. The van der Waals surface area contributed by atoms with Gasteiger partial charge in [0.05, 0.1) is 0 Å². The second kappa shape index (κ2) is 3.92. The van der Waals surface area contributed by atoms with Crippen LogP contribution in [0.5, 0.6) is 0 Å². The zero-order chi connectivity index (χ0) is 10.1. The van der Waals surface area contributed by atoms with Gasteiger partial charge in [0.1, 0.15) is 0 Å². The van der Waals surface area contributed by atoms with Gasteiger partial charge in [-0.05, 0) is 30.6 Å². The summed E-state index contributed by atoms with van der Waals surface area (Å²) in [6.07, 6.45) is 4.84. The van der Waals surface area contributed by atoms with Crippen LogP contribution in [0, 0.1) is 17.8 Å². The van der Waals surface area contributed by atoms with Crippen LogP contribution in [-0.4, -0.2) is 23.9 Å². The van der Waals surface area contributed by atoms with E-state index in [4.69, 9.17) is 0 Å². The Kier molecular flexibility index (Phi) is 2.80. The van der Waals surface area contributed by atoms with E-state index in [2.05, 4.69) is 18.7 Å². The molecule has 14 heavy (non-hydrogen) atoms. The highest BCUT2D eigenvalue weighted by Gasteiger charge is 2.37. The summed E-state index contributed by atoms with van der Waals surface area (Å²) in [5, 5.41) is 0. The van der Waals surface area contributed by atoms with Gasteiger partial charge < -0.3 is 4.90 Å². The number of hydrogen-bond acceptors (Lipinski definition) is 1. The average molecular weight is 195 g/mol. The smallest absolute Gasteiger partial charge is 0.222 e. The van der Waals surface area contributed by atoms with Gasteiger partial charge in [-0.25, -0.2) is 0 Å². The van der Waals surface area contributed by atoms with Gasteiger partial charge in [-0.2, -0.15) is 0 Å². The SMILES string of the molecule is CC(C)CC(=O)N1CC2CCCC2C1. The monoisotopic (exact) mass is 195 g/mol. The molecule has 0 bridgehead atoms. The Hall–Kier alpha value is -0.530. The highest BCUT2D eigenvalue weighted by atomic mass is 16.2. The van der Waals surface area contributed by atoms with Crippen molar-refractivity contribution < 1.29 is 4.79 Å². The molecule has 0 aromatic carbocycles. The molecule has 2 atom stereocenters. The molecule has 0 aromatic heterocycles. The van der Waals surface area contributed by atoms with Gasteiger partial charge in [0.25, 0.3) is 0 Å². The first kappa shape index (κ1) is 10.0. The number of carbonyl (C=O) groups is 1. The molecule has 2 nitrogen and oxygen atoms in total. The van der Waals surface area contributed by atoms with E-state index >= 15 is 0 Å². The summed E-state index contributed by atoms with van der Waals surface area (Å²) in [7, 11) is 0. The molecule has 1 aliphatic carbocycles. The first-order valence-electron chi connectivity index (χ1n) is 5.94. The summed E-state index contributed by atoms with van der Waals surface area (Å²) in [6.45, 7) is 6.34. The standard InChI is InChI=1S/C12H21NO/c1-9(2)6-12(14)13-7-10-4-3-5-11(10)8-13/h9-11H,3-8H2,1-2H3. The lowest BCUT2D eigenvalue weighted by molar-refractivity contribution is -0.131. The van der Waals surface area contributed by atoms with Crippen molar-refractivity contribution in [3.05, 3.63) is 0 Å². The Balaban J connectivity index is 1.86. The number of fused-ring (bicyclic) bond motifs is 1. The van der Waals surface area contributed by atoms with Crippen molar-refractivity contribution in [2.24, 2.45) is 17.8 Å². The van der Waals surface area contributed by atoms with Crippen LogP contribution in [0.25, 0.3) is 0 Å². The maximum absolute atomic E-state index is 11.8. The van der Waals surface area contributed by atoms with Gasteiger partial charge in [-0.1, -0.05) is 20.3 Å². The van der Waals surface area contributed by atoms with Gasteiger partial charge in [0.2, 0.25) is 5.91 Å². The van der Waals surface area contributed by atoms with Crippen LogP contribution < -0.4 is 0 Å². The predicted molar refractivity (Wildman–Crippen MR) is 56.9 cm³/mol. The Morgan fingerprint density at radius 1 is 1.29 bits per heavy atom. The van der Waals surface area contributed by atoms with E-state index in [9.17, 15) is 4.79 Å². The first-order chi connectivity index (χ1) is 6.66. The Morgan fingerprint density at radius 2 is 1.86 bits per heavy atom. The van der Waals surface area contributed by atoms with E-state index in [0.29, 0.717) is 11.8 Å². The van der Waals surface area contributed by atoms with Crippen LogP contribution in [0.4, 0.5) is 0 Å². The minimum atomic E-state index is 0.384. The van der Waals surface area contributed by atoms with Crippen molar-refractivity contribution >= 4 is 5.91 Å². The number of hydrogen-bond donors (Lipinski definition) is 0. The van der Waals surface area contributed by atoms with E-state index in [1.807, 2.05) is 0 Å². The fourth-order valence-corrected chi connectivity index (χ4v) is 2.92. The summed E-state index contributed by atoms with van der Waals surface area (Å²) < 4.78 is 0. The van der Waals surface area contributed by atoms with Crippen LogP contribution in [-0.2, 0) is 4.79 Å². The van der Waals surface area contributed by atoms with Gasteiger partial charge in [-0.15, -0.1) is 0 Å². The molecule has 2 rings (SSSR count). The van der Waals surface area contributed by atoms with Gasteiger partial charge >= 0.3 is 0 Å². The maximum atomic E-state index is 11.8. The minimum absolute atomic E-state index is 0.384. The molecule has 0 spiro atoms.